The molecule has 0 fully saturated rings. The summed E-state index contributed by atoms with van der Waals surface area (Å²) in [5.74, 6) is 0.410. The maximum atomic E-state index is 12.1. The summed E-state index contributed by atoms with van der Waals surface area (Å²) >= 11 is 0. The monoisotopic (exact) mass is 353 g/mol. The lowest BCUT2D eigenvalue weighted by atomic mass is 10.2. The Morgan fingerprint density at radius 3 is 2.16 bits per heavy atom. The molecule has 3 N–H and O–H groups in total. The summed E-state index contributed by atoms with van der Waals surface area (Å²) < 4.78 is 14.1. The minimum atomic E-state index is -0.627. The molecule has 138 valence electrons. The van der Waals surface area contributed by atoms with Crippen molar-refractivity contribution >= 4 is 18.1 Å². The van der Waals surface area contributed by atoms with Crippen LogP contribution in [0.1, 0.15) is 16.8 Å². The first-order chi connectivity index (χ1) is 12.0. The molecule has 0 aliphatic heterocycles. The van der Waals surface area contributed by atoms with Crippen LogP contribution in [-0.4, -0.2) is 58.6 Å². The van der Waals surface area contributed by atoms with E-state index in [1.54, 1.807) is 31.4 Å². The second-order valence-electron chi connectivity index (χ2n) is 4.98. The van der Waals surface area contributed by atoms with Crippen LogP contribution in [0.3, 0.4) is 0 Å². The zero-order valence-corrected chi connectivity index (χ0v) is 14.5. The fourth-order valence-electron chi connectivity index (χ4n) is 1.93. The molecule has 3 amide bonds. The van der Waals surface area contributed by atoms with Crippen LogP contribution in [0.2, 0.25) is 0 Å². The van der Waals surface area contributed by atoms with Gasteiger partial charge >= 0.3 is 12.2 Å². The molecule has 0 aliphatic rings. The summed E-state index contributed by atoms with van der Waals surface area (Å²) in [6, 6.07) is 6.25. The number of benzene rings is 1. The molecular weight excluding hydrogens is 330 g/mol. The van der Waals surface area contributed by atoms with Crippen LogP contribution < -0.4 is 20.7 Å². The number of methoxy groups -OCH3 is 3. The Kier molecular flexibility index (Phi) is 8.62. The molecule has 0 spiro atoms. The molecule has 1 rings (SSSR count). The highest BCUT2D eigenvalue weighted by Gasteiger charge is 2.15. The molecule has 1 aromatic rings. The first kappa shape index (κ1) is 20.1. The third kappa shape index (κ3) is 7.42. The Morgan fingerprint density at radius 1 is 0.960 bits per heavy atom. The van der Waals surface area contributed by atoms with E-state index in [0.29, 0.717) is 24.3 Å². The summed E-state index contributed by atoms with van der Waals surface area (Å²) in [5, 5.41) is 7.81. The van der Waals surface area contributed by atoms with E-state index in [4.69, 9.17) is 4.74 Å². The van der Waals surface area contributed by atoms with Crippen LogP contribution in [0.25, 0.3) is 0 Å². The van der Waals surface area contributed by atoms with Crippen LogP contribution in [-0.2, 0) is 9.47 Å². The summed E-state index contributed by atoms with van der Waals surface area (Å²) in [6.45, 7) is 0.433. The lowest BCUT2D eigenvalue weighted by molar-refractivity contribution is 0.0951. The molecule has 0 bridgehead atoms. The Bertz CT molecular complexity index is 576. The molecule has 1 unspecified atom stereocenters. The number of carbonyl (C=O) groups excluding carboxylic acids is 3. The molecule has 0 saturated heterocycles. The largest absolute Gasteiger partial charge is 0.497 e. The van der Waals surface area contributed by atoms with Crippen molar-refractivity contribution in [1.82, 2.24) is 16.0 Å². The maximum Gasteiger partial charge on any atom is 0.407 e. The van der Waals surface area contributed by atoms with Crippen molar-refractivity contribution in [2.75, 3.05) is 34.4 Å². The Hall–Kier alpha value is -2.97. The number of hydrogen-bond acceptors (Lipinski definition) is 6. The van der Waals surface area contributed by atoms with Crippen molar-refractivity contribution in [2.45, 2.75) is 12.5 Å². The number of ether oxygens (including phenoxy) is 3. The van der Waals surface area contributed by atoms with Crippen LogP contribution >= 0.6 is 0 Å². The average molecular weight is 353 g/mol. The van der Waals surface area contributed by atoms with E-state index in [1.165, 1.54) is 14.2 Å². The first-order valence-corrected chi connectivity index (χ1v) is 7.58. The fourth-order valence-corrected chi connectivity index (χ4v) is 1.93. The molecule has 0 aliphatic carbocycles. The molecule has 1 atom stereocenters. The van der Waals surface area contributed by atoms with Gasteiger partial charge in [0.05, 0.1) is 27.4 Å². The van der Waals surface area contributed by atoms with E-state index < -0.39 is 18.2 Å². The van der Waals surface area contributed by atoms with E-state index in [1.807, 2.05) is 0 Å². The van der Waals surface area contributed by atoms with Gasteiger partial charge in [0.25, 0.3) is 5.91 Å². The minimum absolute atomic E-state index is 0.139. The van der Waals surface area contributed by atoms with Crippen LogP contribution in [0.4, 0.5) is 9.59 Å². The lowest BCUT2D eigenvalue weighted by Gasteiger charge is -2.18. The predicted molar refractivity (Wildman–Crippen MR) is 89.7 cm³/mol. The standard InChI is InChI=1S/C16H23N3O6/c1-23-13-6-4-11(5-7-13)14(20)17-9-8-12(19-16(22)25-3)10-18-15(21)24-2/h4-7,12H,8-10H2,1-3H3,(H,17,20)(H,18,21)(H,19,22). The van der Waals surface area contributed by atoms with Gasteiger partial charge in [0.2, 0.25) is 0 Å². The van der Waals surface area contributed by atoms with Crippen molar-refractivity contribution in [3.05, 3.63) is 29.8 Å². The van der Waals surface area contributed by atoms with Crippen LogP contribution in [0.5, 0.6) is 5.75 Å². The topological polar surface area (TPSA) is 115 Å². The van der Waals surface area contributed by atoms with Crippen molar-refractivity contribution in [1.29, 1.82) is 0 Å². The molecule has 9 heteroatoms. The van der Waals surface area contributed by atoms with Crippen LogP contribution in [0, 0.1) is 0 Å². The highest BCUT2D eigenvalue weighted by atomic mass is 16.5. The lowest BCUT2D eigenvalue weighted by Crippen LogP contribution is -2.45. The van der Waals surface area contributed by atoms with Crippen molar-refractivity contribution in [3.8, 4) is 5.75 Å². The van der Waals surface area contributed by atoms with Crippen molar-refractivity contribution in [2.24, 2.45) is 0 Å². The third-order valence-electron chi connectivity index (χ3n) is 3.32. The van der Waals surface area contributed by atoms with E-state index in [9.17, 15) is 14.4 Å². The highest BCUT2D eigenvalue weighted by Crippen LogP contribution is 2.11. The zero-order valence-electron chi connectivity index (χ0n) is 14.5. The molecule has 0 radical (unpaired) electrons. The van der Waals surface area contributed by atoms with E-state index in [-0.39, 0.29) is 12.5 Å². The summed E-state index contributed by atoms with van der Waals surface area (Å²) in [5.41, 5.74) is 0.492. The Balaban J connectivity index is 2.48. The molecule has 25 heavy (non-hydrogen) atoms. The molecule has 9 nitrogen and oxygen atoms in total. The van der Waals surface area contributed by atoms with Gasteiger partial charge in [-0.1, -0.05) is 0 Å². The SMILES string of the molecule is COC(=O)NCC(CCNC(=O)c1ccc(OC)cc1)NC(=O)OC. The second kappa shape index (κ2) is 10.7. The summed E-state index contributed by atoms with van der Waals surface area (Å²) in [7, 11) is 4.03. The predicted octanol–water partition coefficient (Wildman–Crippen LogP) is 0.896. The van der Waals surface area contributed by atoms with Gasteiger partial charge in [-0.2, -0.15) is 0 Å². The number of amides is 3. The summed E-state index contributed by atoms with van der Waals surface area (Å²) in [4.78, 5) is 34.5. The van der Waals surface area contributed by atoms with Gasteiger partial charge < -0.3 is 30.2 Å². The van der Waals surface area contributed by atoms with Gasteiger partial charge in [-0.25, -0.2) is 9.59 Å². The van der Waals surface area contributed by atoms with Gasteiger partial charge in [-0.05, 0) is 30.7 Å². The Labute approximate surface area is 146 Å². The number of alkyl carbamates (subject to hydrolysis) is 2. The first-order valence-electron chi connectivity index (χ1n) is 7.58. The Morgan fingerprint density at radius 2 is 1.60 bits per heavy atom. The zero-order chi connectivity index (χ0) is 18.7. The third-order valence-corrected chi connectivity index (χ3v) is 3.32. The fraction of sp³-hybridized carbons (Fsp3) is 0.438. The molecule has 0 aromatic heterocycles. The molecule has 1 aromatic carbocycles. The molecule has 0 saturated carbocycles. The summed E-state index contributed by atoms with van der Waals surface area (Å²) in [6.07, 6.45) is -0.849. The van der Waals surface area contributed by atoms with Crippen molar-refractivity contribution < 1.29 is 28.6 Å². The number of rotatable bonds is 8. The quantitative estimate of drug-likeness (QED) is 0.639. The van der Waals surface area contributed by atoms with Gasteiger partial charge in [0, 0.05) is 18.7 Å². The molecule has 0 heterocycles. The van der Waals surface area contributed by atoms with Crippen molar-refractivity contribution in [3.63, 3.8) is 0 Å². The maximum absolute atomic E-state index is 12.1. The van der Waals surface area contributed by atoms with Gasteiger partial charge in [0.15, 0.2) is 0 Å². The smallest absolute Gasteiger partial charge is 0.407 e. The average Bonchev–Trinajstić information content (AvgIpc) is 2.65. The highest BCUT2D eigenvalue weighted by molar-refractivity contribution is 5.94. The van der Waals surface area contributed by atoms with Gasteiger partial charge in [-0.3, -0.25) is 4.79 Å². The number of carbonyl (C=O) groups is 3. The molecular formula is C16H23N3O6. The number of hydrogen-bond donors (Lipinski definition) is 3. The number of nitrogens with one attached hydrogen (secondary N) is 3. The van der Waals surface area contributed by atoms with E-state index in [2.05, 4.69) is 25.4 Å². The van der Waals surface area contributed by atoms with Crippen LogP contribution in [0.15, 0.2) is 24.3 Å². The van der Waals surface area contributed by atoms with E-state index in [0.717, 1.165) is 0 Å². The minimum Gasteiger partial charge on any atom is -0.497 e. The van der Waals surface area contributed by atoms with Gasteiger partial charge in [-0.15, -0.1) is 0 Å². The normalized spacial score (nSPS) is 11.0. The van der Waals surface area contributed by atoms with Gasteiger partial charge in [0.1, 0.15) is 5.75 Å². The second-order valence-corrected chi connectivity index (χ2v) is 4.98. The van der Waals surface area contributed by atoms with E-state index >= 15 is 0 Å².